The van der Waals surface area contributed by atoms with Gasteiger partial charge in [-0.05, 0) is 43.7 Å². The van der Waals surface area contributed by atoms with Crippen molar-refractivity contribution in [2.45, 2.75) is 31.3 Å². The summed E-state index contributed by atoms with van der Waals surface area (Å²) in [6, 6.07) is 13.4. The molecular formula is C20H23FN2O2S. The van der Waals surface area contributed by atoms with Crippen LogP contribution in [0, 0.1) is 5.82 Å². The molecule has 0 spiro atoms. The van der Waals surface area contributed by atoms with Gasteiger partial charge in [-0.15, -0.1) is 11.8 Å². The van der Waals surface area contributed by atoms with Gasteiger partial charge in [-0.2, -0.15) is 0 Å². The third-order valence-corrected chi connectivity index (χ3v) is 4.68. The highest BCUT2D eigenvalue weighted by Crippen LogP contribution is 2.24. The molecule has 26 heavy (non-hydrogen) atoms. The Morgan fingerprint density at radius 3 is 2.42 bits per heavy atom. The molecule has 0 saturated heterocycles. The third-order valence-electron chi connectivity index (χ3n) is 3.61. The zero-order valence-electron chi connectivity index (χ0n) is 15.2. The first kappa shape index (κ1) is 20.0. The summed E-state index contributed by atoms with van der Waals surface area (Å²) in [5.74, 6) is -0.248. The lowest BCUT2D eigenvalue weighted by Crippen LogP contribution is -2.31. The molecule has 0 unspecified atom stereocenters. The van der Waals surface area contributed by atoms with E-state index in [1.54, 1.807) is 36.2 Å². The Morgan fingerprint density at radius 1 is 1.12 bits per heavy atom. The molecule has 0 atom stereocenters. The smallest absolute Gasteiger partial charge is 0.255 e. The largest absolute Gasteiger partial charge is 0.353 e. The Morgan fingerprint density at radius 2 is 1.77 bits per heavy atom. The van der Waals surface area contributed by atoms with Crippen LogP contribution in [0.5, 0.6) is 0 Å². The van der Waals surface area contributed by atoms with Crippen LogP contribution in [0.15, 0.2) is 53.4 Å². The van der Waals surface area contributed by atoms with Crippen molar-refractivity contribution in [2.24, 2.45) is 0 Å². The van der Waals surface area contributed by atoms with Crippen LogP contribution in [0.2, 0.25) is 0 Å². The number of hydrogen-bond donors (Lipinski definition) is 1. The predicted molar refractivity (Wildman–Crippen MR) is 103 cm³/mol. The summed E-state index contributed by atoms with van der Waals surface area (Å²) < 4.78 is 13.0. The topological polar surface area (TPSA) is 49.4 Å². The molecule has 2 aromatic rings. The number of halogens is 1. The zero-order valence-corrected chi connectivity index (χ0v) is 16.0. The van der Waals surface area contributed by atoms with Crippen molar-refractivity contribution in [2.75, 3.05) is 12.8 Å². The second-order valence-corrected chi connectivity index (χ2v) is 7.31. The minimum absolute atomic E-state index is 0.0630. The maximum atomic E-state index is 13.0. The van der Waals surface area contributed by atoms with Crippen molar-refractivity contribution in [3.05, 3.63) is 65.5 Å². The number of amides is 2. The standard InChI is InChI=1S/C20H23FN2O2S/c1-14(2)22-19(24)13-26-18-7-5-4-6-17(18)20(25)23(3)12-15-8-10-16(21)11-9-15/h4-11,14H,12-13H2,1-3H3,(H,22,24). The van der Waals surface area contributed by atoms with Gasteiger partial charge in [-0.25, -0.2) is 4.39 Å². The fraction of sp³-hybridized carbons (Fsp3) is 0.300. The van der Waals surface area contributed by atoms with Crippen molar-refractivity contribution >= 4 is 23.6 Å². The average Bonchev–Trinajstić information content (AvgIpc) is 2.61. The van der Waals surface area contributed by atoms with Gasteiger partial charge < -0.3 is 10.2 Å². The molecule has 0 aliphatic rings. The molecule has 0 aliphatic carbocycles. The number of benzene rings is 2. The molecule has 0 bridgehead atoms. The first-order valence-electron chi connectivity index (χ1n) is 8.38. The lowest BCUT2D eigenvalue weighted by molar-refractivity contribution is -0.119. The summed E-state index contributed by atoms with van der Waals surface area (Å²) in [6.45, 7) is 4.20. The summed E-state index contributed by atoms with van der Waals surface area (Å²) >= 11 is 1.34. The van der Waals surface area contributed by atoms with Crippen molar-refractivity contribution in [1.29, 1.82) is 0 Å². The summed E-state index contributed by atoms with van der Waals surface area (Å²) in [5, 5.41) is 2.84. The summed E-state index contributed by atoms with van der Waals surface area (Å²) in [6.07, 6.45) is 0. The lowest BCUT2D eigenvalue weighted by atomic mass is 10.1. The highest BCUT2D eigenvalue weighted by molar-refractivity contribution is 8.00. The number of hydrogen-bond acceptors (Lipinski definition) is 3. The molecule has 0 aromatic heterocycles. The maximum Gasteiger partial charge on any atom is 0.255 e. The highest BCUT2D eigenvalue weighted by Gasteiger charge is 2.17. The van der Waals surface area contributed by atoms with E-state index in [2.05, 4.69) is 5.32 Å². The number of thioether (sulfide) groups is 1. The van der Waals surface area contributed by atoms with E-state index in [4.69, 9.17) is 0 Å². The molecule has 4 nitrogen and oxygen atoms in total. The molecule has 0 aliphatic heterocycles. The van der Waals surface area contributed by atoms with Crippen LogP contribution >= 0.6 is 11.8 Å². The molecule has 6 heteroatoms. The third kappa shape index (κ3) is 5.88. The molecule has 2 amide bonds. The summed E-state index contributed by atoms with van der Waals surface area (Å²) in [7, 11) is 1.71. The number of nitrogens with one attached hydrogen (secondary N) is 1. The first-order chi connectivity index (χ1) is 12.4. The molecule has 0 saturated carbocycles. The quantitative estimate of drug-likeness (QED) is 0.752. The van der Waals surface area contributed by atoms with E-state index in [0.717, 1.165) is 10.5 Å². The molecule has 0 radical (unpaired) electrons. The van der Waals surface area contributed by atoms with E-state index < -0.39 is 0 Å². The molecule has 0 fully saturated rings. The molecule has 1 N–H and O–H groups in total. The second-order valence-electron chi connectivity index (χ2n) is 6.29. The van der Waals surface area contributed by atoms with Crippen LogP contribution in [0.3, 0.4) is 0 Å². The van der Waals surface area contributed by atoms with E-state index >= 15 is 0 Å². The Kier molecular flexibility index (Phi) is 7.21. The van der Waals surface area contributed by atoms with Gasteiger partial charge in [0.1, 0.15) is 5.82 Å². The Labute approximate surface area is 157 Å². The van der Waals surface area contributed by atoms with Crippen LogP contribution in [0.25, 0.3) is 0 Å². The van der Waals surface area contributed by atoms with Crippen LogP contribution in [0.4, 0.5) is 4.39 Å². The molecule has 0 heterocycles. The van der Waals surface area contributed by atoms with Gasteiger partial charge in [0.15, 0.2) is 0 Å². The van der Waals surface area contributed by atoms with E-state index in [9.17, 15) is 14.0 Å². The van der Waals surface area contributed by atoms with Crippen molar-refractivity contribution in [1.82, 2.24) is 10.2 Å². The first-order valence-corrected chi connectivity index (χ1v) is 9.36. The minimum Gasteiger partial charge on any atom is -0.353 e. The van der Waals surface area contributed by atoms with E-state index in [0.29, 0.717) is 12.1 Å². The van der Waals surface area contributed by atoms with E-state index in [1.807, 2.05) is 26.0 Å². The monoisotopic (exact) mass is 374 g/mol. The second kappa shape index (κ2) is 9.38. The SMILES string of the molecule is CC(C)NC(=O)CSc1ccccc1C(=O)N(C)Cc1ccc(F)cc1. The maximum absolute atomic E-state index is 13.0. The Balaban J connectivity index is 2.06. The van der Waals surface area contributed by atoms with Crippen molar-refractivity contribution in [3.63, 3.8) is 0 Å². The molecule has 2 aromatic carbocycles. The van der Waals surface area contributed by atoms with Crippen LogP contribution in [-0.4, -0.2) is 35.6 Å². The molecule has 2 rings (SSSR count). The zero-order chi connectivity index (χ0) is 19.1. The van der Waals surface area contributed by atoms with Crippen molar-refractivity contribution < 1.29 is 14.0 Å². The average molecular weight is 374 g/mol. The summed E-state index contributed by atoms with van der Waals surface area (Å²) in [5.41, 5.74) is 1.41. The predicted octanol–water partition coefficient (Wildman–Crippen LogP) is 3.71. The molecule has 138 valence electrons. The van der Waals surface area contributed by atoms with Gasteiger partial charge in [0.2, 0.25) is 5.91 Å². The van der Waals surface area contributed by atoms with Gasteiger partial charge in [0.25, 0.3) is 5.91 Å². The summed E-state index contributed by atoms with van der Waals surface area (Å²) in [4.78, 5) is 27.0. The number of carbonyl (C=O) groups is 2. The van der Waals surface area contributed by atoms with Crippen molar-refractivity contribution in [3.8, 4) is 0 Å². The van der Waals surface area contributed by atoms with Gasteiger partial charge in [0.05, 0.1) is 11.3 Å². The Hall–Kier alpha value is -2.34. The van der Waals surface area contributed by atoms with Crippen LogP contribution < -0.4 is 5.32 Å². The van der Waals surface area contributed by atoms with Crippen LogP contribution in [0.1, 0.15) is 29.8 Å². The van der Waals surface area contributed by atoms with Gasteiger partial charge in [-0.3, -0.25) is 9.59 Å². The lowest BCUT2D eigenvalue weighted by Gasteiger charge is -2.19. The fourth-order valence-corrected chi connectivity index (χ4v) is 3.27. The minimum atomic E-state index is -0.302. The number of rotatable bonds is 7. The van der Waals surface area contributed by atoms with E-state index in [-0.39, 0.29) is 29.4 Å². The highest BCUT2D eigenvalue weighted by atomic mass is 32.2. The van der Waals surface area contributed by atoms with E-state index in [1.165, 1.54) is 23.9 Å². The molecular weight excluding hydrogens is 351 g/mol. The van der Waals surface area contributed by atoms with Crippen LogP contribution in [-0.2, 0) is 11.3 Å². The normalized spacial score (nSPS) is 10.7. The van der Waals surface area contributed by atoms with Gasteiger partial charge in [-0.1, -0.05) is 24.3 Å². The number of nitrogens with zero attached hydrogens (tertiary/aromatic N) is 1. The Bertz CT molecular complexity index is 763. The van der Waals surface area contributed by atoms with Gasteiger partial charge in [0, 0.05) is 24.5 Å². The fourth-order valence-electron chi connectivity index (χ4n) is 2.42. The number of carbonyl (C=O) groups excluding carboxylic acids is 2. The van der Waals surface area contributed by atoms with Gasteiger partial charge >= 0.3 is 0 Å².